The summed E-state index contributed by atoms with van der Waals surface area (Å²) in [6.07, 6.45) is 3.33. The van der Waals surface area contributed by atoms with Crippen LogP contribution in [0.5, 0.6) is 0 Å². The molecule has 1 aromatic rings. The number of nitriles is 1. The van der Waals surface area contributed by atoms with Gasteiger partial charge in [-0.1, -0.05) is 30.9 Å². The lowest BCUT2D eigenvalue weighted by atomic mass is 10.1. The van der Waals surface area contributed by atoms with E-state index in [1.165, 1.54) is 18.2 Å². The zero-order valence-corrected chi connectivity index (χ0v) is 13.0. The van der Waals surface area contributed by atoms with Gasteiger partial charge in [0, 0.05) is 6.04 Å². The molecule has 1 aromatic carbocycles. The van der Waals surface area contributed by atoms with Crippen LogP contribution in [0.4, 0.5) is 0 Å². The number of hydrogen-bond acceptors (Lipinski definition) is 4. The van der Waals surface area contributed by atoms with Crippen molar-refractivity contribution in [1.82, 2.24) is 4.72 Å². The van der Waals surface area contributed by atoms with E-state index in [-0.39, 0.29) is 15.5 Å². The first-order chi connectivity index (χ1) is 9.94. The van der Waals surface area contributed by atoms with Crippen molar-refractivity contribution in [2.24, 2.45) is 0 Å². The second kappa shape index (κ2) is 6.75. The third-order valence-electron chi connectivity index (χ3n) is 3.66. The molecule has 114 valence electrons. The van der Waals surface area contributed by atoms with E-state index in [4.69, 9.17) is 16.9 Å². The molecule has 21 heavy (non-hydrogen) atoms. The van der Waals surface area contributed by atoms with Crippen LogP contribution in [0.2, 0.25) is 5.02 Å². The third kappa shape index (κ3) is 3.95. The summed E-state index contributed by atoms with van der Waals surface area (Å²) in [5, 5.41) is 18.9. The molecule has 1 fully saturated rings. The quantitative estimate of drug-likeness (QED) is 0.832. The zero-order chi connectivity index (χ0) is 15.5. The van der Waals surface area contributed by atoms with Gasteiger partial charge >= 0.3 is 0 Å². The number of hydrogen-bond donors (Lipinski definition) is 2. The van der Waals surface area contributed by atoms with Crippen LogP contribution in [0.25, 0.3) is 0 Å². The fraction of sp³-hybridized carbons (Fsp3) is 0.500. The Morgan fingerprint density at radius 3 is 2.67 bits per heavy atom. The SMILES string of the molecule is N#Cc1ccc(S(=O)(=O)NC2CCCCCC2O)cc1Cl. The monoisotopic (exact) mass is 328 g/mol. The lowest BCUT2D eigenvalue weighted by molar-refractivity contribution is 0.130. The highest BCUT2D eigenvalue weighted by atomic mass is 35.5. The van der Waals surface area contributed by atoms with Crippen LogP contribution in [-0.2, 0) is 10.0 Å². The number of aliphatic hydroxyl groups is 1. The van der Waals surface area contributed by atoms with Crippen molar-refractivity contribution in [2.75, 3.05) is 0 Å². The van der Waals surface area contributed by atoms with Crippen LogP contribution in [-0.4, -0.2) is 25.7 Å². The van der Waals surface area contributed by atoms with Crippen LogP contribution >= 0.6 is 11.6 Å². The minimum atomic E-state index is -3.76. The first-order valence-electron chi connectivity index (χ1n) is 6.84. The van der Waals surface area contributed by atoms with Gasteiger partial charge in [-0.15, -0.1) is 0 Å². The lowest BCUT2D eigenvalue weighted by Crippen LogP contribution is -2.42. The van der Waals surface area contributed by atoms with Crippen LogP contribution < -0.4 is 4.72 Å². The van der Waals surface area contributed by atoms with E-state index in [0.717, 1.165) is 19.3 Å². The summed E-state index contributed by atoms with van der Waals surface area (Å²) in [7, 11) is -3.76. The number of rotatable bonds is 3. The molecule has 0 radical (unpaired) electrons. The number of halogens is 1. The van der Waals surface area contributed by atoms with E-state index in [0.29, 0.717) is 12.8 Å². The zero-order valence-electron chi connectivity index (χ0n) is 11.4. The second-order valence-electron chi connectivity index (χ2n) is 5.19. The first-order valence-corrected chi connectivity index (χ1v) is 8.70. The summed E-state index contributed by atoms with van der Waals surface area (Å²) in [5.74, 6) is 0. The maximum absolute atomic E-state index is 12.3. The molecule has 0 saturated heterocycles. The Labute approximate surface area is 129 Å². The van der Waals surface area contributed by atoms with Gasteiger partial charge in [-0.3, -0.25) is 0 Å². The fourth-order valence-electron chi connectivity index (χ4n) is 2.45. The molecule has 2 atom stereocenters. The first kappa shape index (κ1) is 16.2. The maximum Gasteiger partial charge on any atom is 0.240 e. The Morgan fingerprint density at radius 2 is 2.00 bits per heavy atom. The van der Waals surface area contributed by atoms with Gasteiger partial charge in [0.1, 0.15) is 6.07 Å². The van der Waals surface area contributed by atoms with Crippen LogP contribution in [0.3, 0.4) is 0 Å². The van der Waals surface area contributed by atoms with Gasteiger partial charge in [-0.05, 0) is 31.0 Å². The number of aliphatic hydroxyl groups excluding tert-OH is 1. The summed E-state index contributed by atoms with van der Waals surface area (Å²) in [5.41, 5.74) is 0.227. The molecule has 0 spiro atoms. The molecule has 0 aromatic heterocycles. The largest absolute Gasteiger partial charge is 0.391 e. The Hall–Kier alpha value is -1.13. The smallest absolute Gasteiger partial charge is 0.240 e. The average molecular weight is 329 g/mol. The van der Waals surface area contributed by atoms with Gasteiger partial charge in [0.25, 0.3) is 0 Å². The summed E-state index contributed by atoms with van der Waals surface area (Å²) in [6.45, 7) is 0. The predicted molar refractivity (Wildman–Crippen MR) is 79.4 cm³/mol. The molecular weight excluding hydrogens is 312 g/mol. The molecule has 1 aliphatic carbocycles. The topological polar surface area (TPSA) is 90.2 Å². The highest BCUT2D eigenvalue weighted by Gasteiger charge is 2.27. The Balaban J connectivity index is 2.21. The highest BCUT2D eigenvalue weighted by Crippen LogP contribution is 2.23. The molecule has 5 nitrogen and oxygen atoms in total. The number of nitrogens with one attached hydrogen (secondary N) is 1. The van der Waals surface area contributed by atoms with Gasteiger partial charge in [0.2, 0.25) is 10.0 Å². The molecule has 2 N–H and O–H groups in total. The van der Waals surface area contributed by atoms with Crippen molar-refractivity contribution in [1.29, 1.82) is 5.26 Å². The minimum absolute atomic E-state index is 0.00273. The van der Waals surface area contributed by atoms with E-state index >= 15 is 0 Å². The van der Waals surface area contributed by atoms with Crippen molar-refractivity contribution in [3.05, 3.63) is 28.8 Å². The Kier molecular flexibility index (Phi) is 5.22. The summed E-state index contributed by atoms with van der Waals surface area (Å²) >= 11 is 5.87. The molecule has 0 aliphatic heterocycles. The van der Waals surface area contributed by atoms with E-state index < -0.39 is 22.2 Å². The van der Waals surface area contributed by atoms with Crippen molar-refractivity contribution in [3.8, 4) is 6.07 Å². The molecule has 0 heterocycles. The molecule has 1 saturated carbocycles. The molecule has 7 heteroatoms. The number of nitrogens with zero attached hydrogens (tertiary/aromatic N) is 1. The van der Waals surface area contributed by atoms with Crippen LogP contribution in [0.15, 0.2) is 23.1 Å². The maximum atomic E-state index is 12.3. The molecule has 2 unspecified atom stereocenters. The van der Waals surface area contributed by atoms with Gasteiger partial charge in [0.15, 0.2) is 0 Å². The lowest BCUT2D eigenvalue weighted by Gasteiger charge is -2.21. The van der Waals surface area contributed by atoms with E-state index in [9.17, 15) is 13.5 Å². The average Bonchev–Trinajstić information content (AvgIpc) is 2.64. The second-order valence-corrected chi connectivity index (χ2v) is 7.31. The molecule has 2 rings (SSSR count). The van der Waals surface area contributed by atoms with Crippen LogP contribution in [0.1, 0.15) is 37.7 Å². The van der Waals surface area contributed by atoms with Crippen molar-refractivity contribution in [3.63, 3.8) is 0 Å². The summed E-state index contributed by atoms with van der Waals surface area (Å²) in [4.78, 5) is 0.00273. The predicted octanol–water partition coefficient (Wildman–Crippen LogP) is 2.18. The summed E-state index contributed by atoms with van der Waals surface area (Å²) < 4.78 is 27.2. The molecular formula is C14H17ClN2O3S. The molecule has 1 aliphatic rings. The van der Waals surface area contributed by atoms with Gasteiger partial charge < -0.3 is 5.11 Å². The van der Waals surface area contributed by atoms with E-state index in [2.05, 4.69) is 4.72 Å². The summed E-state index contributed by atoms with van der Waals surface area (Å²) in [6, 6.07) is 5.38. The molecule has 0 amide bonds. The normalized spacial score (nSPS) is 23.3. The van der Waals surface area contributed by atoms with Gasteiger partial charge in [-0.2, -0.15) is 5.26 Å². The number of sulfonamides is 1. The number of benzene rings is 1. The van der Waals surface area contributed by atoms with E-state index in [1.807, 2.05) is 6.07 Å². The fourth-order valence-corrected chi connectivity index (χ4v) is 4.06. The van der Waals surface area contributed by atoms with Crippen LogP contribution in [0, 0.1) is 11.3 Å². The van der Waals surface area contributed by atoms with Crippen molar-refractivity contribution >= 4 is 21.6 Å². The third-order valence-corrected chi connectivity index (χ3v) is 5.46. The Bertz CT molecular complexity index is 655. The van der Waals surface area contributed by atoms with Gasteiger partial charge in [0.05, 0.1) is 21.6 Å². The van der Waals surface area contributed by atoms with Crippen molar-refractivity contribution in [2.45, 2.75) is 49.1 Å². The van der Waals surface area contributed by atoms with Crippen molar-refractivity contribution < 1.29 is 13.5 Å². The Morgan fingerprint density at radius 1 is 1.29 bits per heavy atom. The minimum Gasteiger partial charge on any atom is -0.391 e. The van der Waals surface area contributed by atoms with Gasteiger partial charge in [-0.25, -0.2) is 13.1 Å². The molecule has 0 bridgehead atoms. The highest BCUT2D eigenvalue weighted by molar-refractivity contribution is 7.89. The van der Waals surface area contributed by atoms with E-state index in [1.54, 1.807) is 0 Å². The standard InChI is InChI=1S/C14H17ClN2O3S/c15-12-8-11(7-6-10(12)9-16)21(19,20)17-13-4-2-1-3-5-14(13)18/h6-8,13-14,17-18H,1-5H2.